The summed E-state index contributed by atoms with van der Waals surface area (Å²) in [5.74, 6) is 2.97. The lowest BCUT2D eigenvalue weighted by atomic mass is 9.78. The zero-order chi connectivity index (χ0) is 39.2. The van der Waals surface area contributed by atoms with E-state index in [9.17, 15) is 9.59 Å². The molecule has 0 bridgehead atoms. The number of benzene rings is 3. The second kappa shape index (κ2) is 25.1. The minimum absolute atomic E-state index is 0.0460. The second-order valence-corrected chi connectivity index (χ2v) is 17.6. The highest BCUT2D eigenvalue weighted by Gasteiger charge is 2.23. The summed E-state index contributed by atoms with van der Waals surface area (Å²) in [4.78, 5) is 26.4. The molecule has 0 aliphatic heterocycles. The molecule has 3 aromatic carbocycles. The summed E-state index contributed by atoms with van der Waals surface area (Å²) in [6.07, 6.45) is 31.6. The van der Waals surface area contributed by atoms with Crippen molar-refractivity contribution in [3.8, 4) is 0 Å². The van der Waals surface area contributed by atoms with E-state index in [0.717, 1.165) is 42.1 Å². The molecule has 56 heavy (non-hydrogen) atoms. The fourth-order valence-electron chi connectivity index (χ4n) is 9.42. The molecule has 4 nitrogen and oxygen atoms in total. The quantitative estimate of drug-likeness (QED) is 0.0674. The Hall–Kier alpha value is -3.40. The summed E-state index contributed by atoms with van der Waals surface area (Å²) >= 11 is 0. The monoisotopic (exact) mass is 763 g/mol. The lowest BCUT2D eigenvalue weighted by Crippen LogP contribution is -2.19. The Balaban J connectivity index is 0.997. The third-order valence-corrected chi connectivity index (χ3v) is 13.2. The Morgan fingerprint density at radius 2 is 0.893 bits per heavy atom. The van der Waals surface area contributed by atoms with E-state index in [1.165, 1.54) is 152 Å². The number of unbranched alkanes of at least 4 members (excludes halogenated alkanes) is 6. The summed E-state index contributed by atoms with van der Waals surface area (Å²) in [5, 5.41) is 0. The maximum Gasteiger partial charge on any atom is 0.338 e. The number of ether oxygens (including phenoxy) is 2. The molecule has 5 rings (SSSR count). The van der Waals surface area contributed by atoms with Crippen LogP contribution >= 0.6 is 0 Å². The summed E-state index contributed by atoms with van der Waals surface area (Å²) in [5.41, 5.74) is 4.34. The van der Waals surface area contributed by atoms with Crippen molar-refractivity contribution in [2.45, 2.75) is 174 Å². The first kappa shape index (κ1) is 43.7. The largest absolute Gasteiger partial charge is 0.458 e. The smallest absolute Gasteiger partial charge is 0.338 e. The van der Waals surface area contributed by atoms with Gasteiger partial charge in [-0.3, -0.25) is 0 Å². The van der Waals surface area contributed by atoms with Gasteiger partial charge in [0.15, 0.2) is 6.10 Å². The molecule has 0 spiro atoms. The minimum Gasteiger partial charge on any atom is -0.458 e. The van der Waals surface area contributed by atoms with Crippen LogP contribution in [0.4, 0.5) is 0 Å². The molecule has 1 atom stereocenters. The molecular weight excluding hydrogens is 689 g/mol. The van der Waals surface area contributed by atoms with Crippen LogP contribution in [0, 0.1) is 23.7 Å². The molecule has 0 heterocycles. The number of carbonyl (C=O) groups excluding carboxylic acids is 2. The van der Waals surface area contributed by atoms with E-state index in [0.29, 0.717) is 11.1 Å². The normalized spacial score (nSPS) is 20.3. The van der Waals surface area contributed by atoms with Crippen molar-refractivity contribution in [3.05, 3.63) is 107 Å². The fraction of sp³-hybridized carbons (Fsp3) is 0.615. The van der Waals surface area contributed by atoms with Crippen molar-refractivity contribution in [1.29, 1.82) is 0 Å². The van der Waals surface area contributed by atoms with E-state index < -0.39 is 18.0 Å². The molecule has 0 N–H and O–H groups in total. The molecule has 2 aliphatic rings. The van der Waals surface area contributed by atoms with Gasteiger partial charge in [0.1, 0.15) is 6.61 Å². The standard InChI is InChI=1S/C52H74O4/c1-3-5-8-16-41-24-28-43(29-25-41)18-12-14-20-45-32-36-48(37-33-45)51(53)55-40-50(47-22-10-7-11-23-47)56-52(54)49-38-34-46(35-39-49)21-15-13-19-44-30-26-42(27-31-44)17-9-6-4-2/h7,10-11,22-23,32-39,41-44,50H,3-6,8-9,12-21,24-31,40H2,1-2H3. The van der Waals surface area contributed by atoms with Crippen molar-refractivity contribution in [2.24, 2.45) is 23.7 Å². The molecule has 3 aromatic rings. The van der Waals surface area contributed by atoms with E-state index in [-0.39, 0.29) is 6.61 Å². The van der Waals surface area contributed by atoms with Crippen molar-refractivity contribution in [2.75, 3.05) is 6.61 Å². The highest BCUT2D eigenvalue weighted by Crippen LogP contribution is 2.36. The Morgan fingerprint density at radius 1 is 0.500 bits per heavy atom. The first-order valence-corrected chi connectivity index (χ1v) is 23.1. The number of esters is 2. The second-order valence-electron chi connectivity index (χ2n) is 17.6. The van der Waals surface area contributed by atoms with Crippen LogP contribution in [0.25, 0.3) is 0 Å². The fourth-order valence-corrected chi connectivity index (χ4v) is 9.42. The van der Waals surface area contributed by atoms with Crippen LogP contribution in [0.3, 0.4) is 0 Å². The third kappa shape index (κ3) is 15.5. The van der Waals surface area contributed by atoms with Crippen LogP contribution in [-0.4, -0.2) is 18.5 Å². The van der Waals surface area contributed by atoms with Crippen LogP contribution in [-0.2, 0) is 22.3 Å². The SMILES string of the molecule is CCCCCC1CCC(CCCCc2ccc(C(=O)OCC(OC(=O)c3ccc(CCCCC4CCC(CCCCC)CC4)cc3)c3ccccc3)cc2)CC1. The Labute approximate surface area is 340 Å². The summed E-state index contributed by atoms with van der Waals surface area (Å²) in [6.45, 7) is 4.55. The van der Waals surface area contributed by atoms with Gasteiger partial charge in [0.25, 0.3) is 0 Å². The number of carbonyl (C=O) groups is 2. The number of aryl methyl sites for hydroxylation is 2. The van der Waals surface area contributed by atoms with Crippen LogP contribution in [0.15, 0.2) is 78.9 Å². The Bertz CT molecular complexity index is 1500. The van der Waals surface area contributed by atoms with Crippen LogP contribution in [0.1, 0.15) is 199 Å². The third-order valence-electron chi connectivity index (χ3n) is 13.2. The zero-order valence-corrected chi connectivity index (χ0v) is 35.2. The lowest BCUT2D eigenvalue weighted by Gasteiger charge is -2.28. The highest BCUT2D eigenvalue weighted by molar-refractivity contribution is 5.90. The molecule has 2 aliphatic carbocycles. The van der Waals surface area contributed by atoms with E-state index in [1.54, 1.807) is 0 Å². The van der Waals surface area contributed by atoms with Gasteiger partial charge in [-0.05, 0) is 90.3 Å². The molecular formula is C52H74O4. The van der Waals surface area contributed by atoms with E-state index in [4.69, 9.17) is 9.47 Å². The maximum atomic E-state index is 13.3. The minimum atomic E-state index is -0.700. The predicted octanol–water partition coefficient (Wildman–Crippen LogP) is 14.6. The summed E-state index contributed by atoms with van der Waals surface area (Å²) in [7, 11) is 0. The predicted molar refractivity (Wildman–Crippen MR) is 232 cm³/mol. The van der Waals surface area contributed by atoms with Crippen LogP contribution < -0.4 is 0 Å². The zero-order valence-electron chi connectivity index (χ0n) is 35.2. The van der Waals surface area contributed by atoms with Crippen LogP contribution in [0.5, 0.6) is 0 Å². The molecule has 2 fully saturated rings. The molecule has 0 saturated heterocycles. The highest BCUT2D eigenvalue weighted by atomic mass is 16.6. The maximum absolute atomic E-state index is 13.3. The van der Waals surface area contributed by atoms with Gasteiger partial charge in [0, 0.05) is 0 Å². The average molecular weight is 763 g/mol. The molecule has 4 heteroatoms. The van der Waals surface area contributed by atoms with Crippen molar-refractivity contribution >= 4 is 11.9 Å². The number of hydrogen-bond donors (Lipinski definition) is 0. The van der Waals surface area contributed by atoms with E-state index >= 15 is 0 Å². The van der Waals surface area contributed by atoms with Crippen molar-refractivity contribution in [3.63, 3.8) is 0 Å². The van der Waals surface area contributed by atoms with Crippen molar-refractivity contribution < 1.29 is 19.1 Å². The van der Waals surface area contributed by atoms with Gasteiger partial charge in [0.2, 0.25) is 0 Å². The molecule has 0 aromatic heterocycles. The summed E-state index contributed by atoms with van der Waals surface area (Å²) in [6, 6.07) is 25.2. The average Bonchev–Trinajstić information content (AvgIpc) is 3.24. The molecule has 2 saturated carbocycles. The number of rotatable bonds is 24. The Morgan fingerprint density at radius 3 is 1.30 bits per heavy atom. The van der Waals surface area contributed by atoms with Gasteiger partial charge in [-0.1, -0.05) is 197 Å². The van der Waals surface area contributed by atoms with Gasteiger partial charge in [-0.2, -0.15) is 0 Å². The molecule has 306 valence electrons. The topological polar surface area (TPSA) is 52.6 Å². The lowest BCUT2D eigenvalue weighted by molar-refractivity contribution is -0.00133. The molecule has 1 unspecified atom stereocenters. The van der Waals surface area contributed by atoms with Gasteiger partial charge in [-0.25, -0.2) is 9.59 Å². The van der Waals surface area contributed by atoms with E-state index in [2.05, 4.69) is 38.1 Å². The van der Waals surface area contributed by atoms with E-state index in [1.807, 2.05) is 54.6 Å². The van der Waals surface area contributed by atoms with Crippen molar-refractivity contribution in [1.82, 2.24) is 0 Å². The van der Waals surface area contributed by atoms with Gasteiger partial charge in [0.05, 0.1) is 11.1 Å². The Kier molecular flexibility index (Phi) is 19.6. The van der Waals surface area contributed by atoms with Gasteiger partial charge < -0.3 is 9.47 Å². The molecule has 0 amide bonds. The first-order chi connectivity index (χ1) is 27.5. The molecule has 0 radical (unpaired) electrons. The van der Waals surface area contributed by atoms with Crippen LogP contribution in [0.2, 0.25) is 0 Å². The number of hydrogen-bond acceptors (Lipinski definition) is 4. The van der Waals surface area contributed by atoms with Gasteiger partial charge in [-0.15, -0.1) is 0 Å². The van der Waals surface area contributed by atoms with Gasteiger partial charge >= 0.3 is 11.9 Å². The first-order valence-electron chi connectivity index (χ1n) is 23.1. The summed E-state index contributed by atoms with van der Waals surface area (Å²) < 4.78 is 11.7.